The molecule has 0 fully saturated rings. The van der Waals surface area contributed by atoms with Gasteiger partial charge >= 0.3 is 0 Å². The molecule has 0 saturated carbocycles. The van der Waals surface area contributed by atoms with Crippen LogP contribution in [0.4, 0.5) is 5.69 Å². The molecule has 2 heterocycles. The largest absolute Gasteiger partial charge is 0.497 e. The normalized spacial score (nSPS) is 10.6. The average molecular weight is 357 g/mol. The highest BCUT2D eigenvalue weighted by molar-refractivity contribution is 7.12. The molecule has 0 aliphatic rings. The smallest absolute Gasteiger partial charge is 0.257 e. The van der Waals surface area contributed by atoms with E-state index in [1.54, 1.807) is 38.6 Å². The molecular weight excluding hydrogens is 338 g/mol. The number of carbonyl (C=O) groups excluding carboxylic acids is 1. The second kappa shape index (κ2) is 6.98. The third-order valence-corrected chi connectivity index (χ3v) is 4.70. The number of hydrogen-bond donors (Lipinski definition) is 1. The van der Waals surface area contributed by atoms with Crippen LogP contribution in [0.3, 0.4) is 0 Å². The van der Waals surface area contributed by atoms with Gasteiger partial charge in [0.1, 0.15) is 11.5 Å². The van der Waals surface area contributed by atoms with Crippen LogP contribution in [0.1, 0.15) is 21.7 Å². The molecule has 0 bridgehead atoms. The first kappa shape index (κ1) is 17.0. The Morgan fingerprint density at radius 3 is 2.64 bits per heavy atom. The lowest BCUT2D eigenvalue weighted by Gasteiger charge is -2.12. The summed E-state index contributed by atoms with van der Waals surface area (Å²) in [5.74, 6) is 1.01. The number of carbonyl (C=O) groups is 1. The Balaban J connectivity index is 1.94. The van der Waals surface area contributed by atoms with Crippen molar-refractivity contribution in [3.05, 3.63) is 52.8 Å². The standard InChI is InChI=1S/C18H19N3O3S/c1-11-9-14(12(2)21(11)18-19-7-8-25-18)17(22)20-15-10-13(23-3)5-6-16(15)24-4/h5-10H,1-4H3,(H,20,22). The van der Waals surface area contributed by atoms with Gasteiger partial charge < -0.3 is 14.8 Å². The Morgan fingerprint density at radius 2 is 2.00 bits per heavy atom. The molecule has 7 heteroatoms. The molecule has 2 aromatic heterocycles. The molecule has 0 spiro atoms. The van der Waals surface area contributed by atoms with Gasteiger partial charge in [0.2, 0.25) is 0 Å². The fourth-order valence-electron chi connectivity index (χ4n) is 2.71. The van der Waals surface area contributed by atoms with Crippen LogP contribution in [0.2, 0.25) is 0 Å². The van der Waals surface area contributed by atoms with E-state index >= 15 is 0 Å². The van der Waals surface area contributed by atoms with E-state index in [9.17, 15) is 4.79 Å². The lowest BCUT2D eigenvalue weighted by molar-refractivity contribution is 0.102. The summed E-state index contributed by atoms with van der Waals surface area (Å²) in [5.41, 5.74) is 2.95. The van der Waals surface area contributed by atoms with E-state index in [1.165, 1.54) is 11.3 Å². The number of ether oxygens (including phenoxy) is 2. The van der Waals surface area contributed by atoms with E-state index in [1.807, 2.05) is 29.9 Å². The Hall–Kier alpha value is -2.80. The summed E-state index contributed by atoms with van der Waals surface area (Å²) in [6.45, 7) is 3.86. The number of methoxy groups -OCH3 is 2. The summed E-state index contributed by atoms with van der Waals surface area (Å²) in [6.07, 6.45) is 1.75. The molecule has 6 nitrogen and oxygen atoms in total. The zero-order valence-electron chi connectivity index (χ0n) is 14.5. The third kappa shape index (κ3) is 3.23. The molecule has 0 unspecified atom stereocenters. The summed E-state index contributed by atoms with van der Waals surface area (Å²) < 4.78 is 12.5. The molecule has 25 heavy (non-hydrogen) atoms. The van der Waals surface area contributed by atoms with Gasteiger partial charge in [-0.2, -0.15) is 0 Å². The van der Waals surface area contributed by atoms with Crippen LogP contribution in [-0.4, -0.2) is 29.7 Å². The van der Waals surface area contributed by atoms with Crippen molar-refractivity contribution in [1.29, 1.82) is 0 Å². The molecule has 0 aliphatic carbocycles. The number of aromatic nitrogens is 2. The maximum absolute atomic E-state index is 12.8. The molecule has 130 valence electrons. The highest BCUT2D eigenvalue weighted by Gasteiger charge is 2.19. The molecule has 1 aromatic carbocycles. The third-order valence-electron chi connectivity index (χ3n) is 3.94. The summed E-state index contributed by atoms with van der Waals surface area (Å²) >= 11 is 1.53. The van der Waals surface area contributed by atoms with Gasteiger partial charge in [-0.3, -0.25) is 9.36 Å². The highest BCUT2D eigenvalue weighted by Crippen LogP contribution is 2.30. The van der Waals surface area contributed by atoms with Crippen molar-refractivity contribution in [3.8, 4) is 16.6 Å². The molecule has 1 amide bonds. The van der Waals surface area contributed by atoms with Crippen molar-refractivity contribution < 1.29 is 14.3 Å². The first-order valence-electron chi connectivity index (χ1n) is 7.67. The summed E-state index contributed by atoms with van der Waals surface area (Å²) in [5, 5.41) is 5.66. The number of rotatable bonds is 5. The monoisotopic (exact) mass is 357 g/mol. The lowest BCUT2D eigenvalue weighted by Crippen LogP contribution is -2.14. The van der Waals surface area contributed by atoms with E-state index in [0.29, 0.717) is 22.7 Å². The van der Waals surface area contributed by atoms with Crippen LogP contribution in [0, 0.1) is 13.8 Å². The Kier molecular flexibility index (Phi) is 4.76. The van der Waals surface area contributed by atoms with Crippen LogP contribution < -0.4 is 14.8 Å². The topological polar surface area (TPSA) is 65.4 Å². The molecule has 0 saturated heterocycles. The lowest BCUT2D eigenvalue weighted by atomic mass is 10.2. The van der Waals surface area contributed by atoms with Gasteiger partial charge in [0.15, 0.2) is 5.13 Å². The quantitative estimate of drug-likeness (QED) is 0.754. The van der Waals surface area contributed by atoms with Crippen LogP contribution in [0.5, 0.6) is 11.5 Å². The number of nitrogens with one attached hydrogen (secondary N) is 1. The van der Waals surface area contributed by atoms with Gasteiger partial charge in [-0.05, 0) is 32.0 Å². The number of amides is 1. The molecule has 3 aromatic rings. The van der Waals surface area contributed by atoms with E-state index in [-0.39, 0.29) is 5.91 Å². The maximum atomic E-state index is 12.8. The average Bonchev–Trinajstić information content (AvgIpc) is 3.22. The maximum Gasteiger partial charge on any atom is 0.257 e. The van der Waals surface area contributed by atoms with Gasteiger partial charge in [0.25, 0.3) is 5.91 Å². The van der Waals surface area contributed by atoms with E-state index < -0.39 is 0 Å². The first-order valence-corrected chi connectivity index (χ1v) is 8.55. The first-order chi connectivity index (χ1) is 12.0. The molecule has 3 rings (SSSR count). The van der Waals surface area contributed by atoms with Gasteiger partial charge in [-0.1, -0.05) is 0 Å². The van der Waals surface area contributed by atoms with Gasteiger partial charge in [-0.15, -0.1) is 11.3 Å². The van der Waals surface area contributed by atoms with Crippen molar-refractivity contribution >= 4 is 22.9 Å². The van der Waals surface area contributed by atoms with Crippen molar-refractivity contribution in [1.82, 2.24) is 9.55 Å². The fraction of sp³-hybridized carbons (Fsp3) is 0.222. The van der Waals surface area contributed by atoms with Crippen molar-refractivity contribution in [2.75, 3.05) is 19.5 Å². The van der Waals surface area contributed by atoms with E-state index in [0.717, 1.165) is 16.5 Å². The van der Waals surface area contributed by atoms with Crippen molar-refractivity contribution in [3.63, 3.8) is 0 Å². The minimum atomic E-state index is -0.206. The molecule has 0 radical (unpaired) electrons. The SMILES string of the molecule is COc1ccc(OC)c(NC(=O)c2cc(C)n(-c3nccs3)c2C)c1. The van der Waals surface area contributed by atoms with Crippen LogP contribution in [-0.2, 0) is 0 Å². The second-order valence-electron chi connectivity index (χ2n) is 5.46. The predicted octanol–water partition coefficient (Wildman–Crippen LogP) is 3.82. The Labute approximate surface area is 150 Å². The number of benzene rings is 1. The van der Waals surface area contributed by atoms with Crippen LogP contribution in [0.15, 0.2) is 35.8 Å². The second-order valence-corrected chi connectivity index (χ2v) is 6.33. The zero-order valence-corrected chi connectivity index (χ0v) is 15.3. The molecule has 0 aliphatic heterocycles. The highest BCUT2D eigenvalue weighted by atomic mass is 32.1. The molecule has 0 atom stereocenters. The number of thiazole rings is 1. The van der Waals surface area contributed by atoms with Crippen LogP contribution in [0.25, 0.3) is 5.13 Å². The summed E-state index contributed by atoms with van der Waals surface area (Å²) in [6, 6.07) is 7.13. The fourth-order valence-corrected chi connectivity index (χ4v) is 3.47. The van der Waals surface area contributed by atoms with Gasteiger partial charge in [-0.25, -0.2) is 4.98 Å². The Morgan fingerprint density at radius 1 is 1.20 bits per heavy atom. The molecular formula is C18H19N3O3S. The Bertz CT molecular complexity index is 901. The number of aryl methyl sites for hydroxylation is 1. The van der Waals surface area contributed by atoms with Crippen LogP contribution >= 0.6 is 11.3 Å². The number of anilines is 1. The van der Waals surface area contributed by atoms with E-state index in [4.69, 9.17) is 9.47 Å². The summed E-state index contributed by atoms with van der Waals surface area (Å²) in [7, 11) is 3.14. The number of nitrogens with zero attached hydrogens (tertiary/aromatic N) is 2. The zero-order chi connectivity index (χ0) is 18.0. The minimum Gasteiger partial charge on any atom is -0.497 e. The number of hydrogen-bond acceptors (Lipinski definition) is 5. The predicted molar refractivity (Wildman–Crippen MR) is 98.4 cm³/mol. The van der Waals surface area contributed by atoms with E-state index in [2.05, 4.69) is 10.3 Å². The summed E-state index contributed by atoms with van der Waals surface area (Å²) in [4.78, 5) is 17.1. The molecule has 1 N–H and O–H groups in total. The minimum absolute atomic E-state index is 0.206. The van der Waals surface area contributed by atoms with Gasteiger partial charge in [0.05, 0.1) is 25.5 Å². The van der Waals surface area contributed by atoms with Crippen molar-refractivity contribution in [2.24, 2.45) is 0 Å². The van der Waals surface area contributed by atoms with Gasteiger partial charge in [0, 0.05) is 29.0 Å². The van der Waals surface area contributed by atoms with Crippen molar-refractivity contribution in [2.45, 2.75) is 13.8 Å².